The van der Waals surface area contributed by atoms with Crippen LogP contribution in [0, 0.1) is 12.8 Å². The van der Waals surface area contributed by atoms with Gasteiger partial charge in [0, 0.05) is 21.0 Å². The Labute approximate surface area is 245 Å². The van der Waals surface area contributed by atoms with Gasteiger partial charge in [0.15, 0.2) is 6.61 Å². The van der Waals surface area contributed by atoms with Crippen LogP contribution in [0.25, 0.3) is 0 Å². The Hall–Kier alpha value is -3.67. The Bertz CT molecular complexity index is 1700. The van der Waals surface area contributed by atoms with E-state index in [1.54, 1.807) is 42.5 Å². The first kappa shape index (κ1) is 26.5. The molecule has 1 aromatic heterocycles. The predicted molar refractivity (Wildman–Crippen MR) is 158 cm³/mol. The number of carbonyl (C=O) groups excluding carboxylic acids is 3. The van der Waals surface area contributed by atoms with Gasteiger partial charge in [-0.15, -0.1) is 0 Å². The normalized spacial score (nSPS) is 19.8. The number of nitrogens with one attached hydrogen (secondary N) is 2. The third-order valence-corrected chi connectivity index (χ3v) is 9.84. The second-order valence-corrected chi connectivity index (χ2v) is 12.5. The monoisotopic (exact) mass is 635 g/mol. The minimum atomic E-state index is -0.709. The lowest BCUT2D eigenvalue weighted by molar-refractivity contribution is -0.122. The van der Waals surface area contributed by atoms with Gasteiger partial charge in [-0.05, 0) is 60.5 Å². The fraction of sp³-hybridized carbons (Fsp3) is 0.172. The fourth-order valence-electron chi connectivity index (χ4n) is 5.07. The van der Waals surface area contributed by atoms with Crippen LogP contribution in [0.3, 0.4) is 0 Å². The van der Waals surface area contributed by atoms with E-state index in [4.69, 9.17) is 4.74 Å². The largest absolute Gasteiger partial charge is 0.484 e. The van der Waals surface area contributed by atoms with Gasteiger partial charge < -0.3 is 15.0 Å². The summed E-state index contributed by atoms with van der Waals surface area (Å²) in [5, 5.41) is 2.75. The molecule has 8 nitrogen and oxygen atoms in total. The number of rotatable bonds is 6. The first-order valence-corrected chi connectivity index (χ1v) is 14.9. The van der Waals surface area contributed by atoms with Gasteiger partial charge in [0.2, 0.25) is 11.8 Å². The van der Waals surface area contributed by atoms with Gasteiger partial charge in [-0.2, -0.15) is 0 Å². The van der Waals surface area contributed by atoms with E-state index in [9.17, 15) is 19.2 Å². The number of hydrogen-bond acceptors (Lipinski definition) is 7. The molecule has 0 spiro atoms. The van der Waals surface area contributed by atoms with E-state index in [0.717, 1.165) is 26.9 Å². The van der Waals surface area contributed by atoms with Crippen molar-refractivity contribution in [2.24, 2.45) is 5.92 Å². The summed E-state index contributed by atoms with van der Waals surface area (Å²) in [6.45, 7) is 1.70. The van der Waals surface area contributed by atoms with Crippen molar-refractivity contribution >= 4 is 68.1 Å². The van der Waals surface area contributed by atoms with Crippen LogP contribution in [0.4, 0.5) is 11.4 Å². The molecule has 2 aliphatic rings. The average Bonchev–Trinajstić information content (AvgIpc) is 3.43. The number of amides is 3. The van der Waals surface area contributed by atoms with E-state index in [0.29, 0.717) is 27.0 Å². The summed E-state index contributed by atoms with van der Waals surface area (Å²) < 4.78 is 6.65. The van der Waals surface area contributed by atoms with Crippen LogP contribution in [0.5, 0.6) is 5.75 Å². The SMILES string of the molecule is Cc1ccccc1NC(=O)COc1cccc([C@@H]2c3sc(=O)[nH]c3S[C@H]3C(=O)N(c4ccc(Br)cc4)C(=O)[C@@H]23)c1. The smallest absolute Gasteiger partial charge is 0.305 e. The van der Waals surface area contributed by atoms with Gasteiger partial charge >= 0.3 is 4.87 Å². The molecule has 4 aromatic rings. The molecule has 0 bridgehead atoms. The molecule has 1 fully saturated rings. The standard InChI is InChI=1S/C29H22BrN3O5S2/c1-15-5-2-3-8-20(15)31-21(34)14-38-19-7-4-6-16(13-19)22-23-25(39-26-24(22)40-29(37)32-26)28(36)33(27(23)35)18-11-9-17(30)10-12-18/h2-13,22-23,25H,14H2,1H3,(H,31,34)(H,32,37)/t22-,23-,25+/m0/s1. The highest BCUT2D eigenvalue weighted by Crippen LogP contribution is 2.53. The first-order chi connectivity index (χ1) is 19.3. The number of thiazole rings is 1. The van der Waals surface area contributed by atoms with E-state index in [2.05, 4.69) is 26.2 Å². The number of aryl methyl sites for hydroxylation is 1. The Morgan fingerprint density at radius 1 is 1.02 bits per heavy atom. The number of aromatic nitrogens is 1. The van der Waals surface area contributed by atoms with Gasteiger partial charge in [0.25, 0.3) is 5.91 Å². The van der Waals surface area contributed by atoms with E-state index < -0.39 is 17.1 Å². The molecule has 40 heavy (non-hydrogen) atoms. The number of imide groups is 1. The minimum absolute atomic E-state index is 0.206. The fourth-order valence-corrected chi connectivity index (χ4v) is 7.85. The molecule has 3 atom stereocenters. The number of fused-ring (bicyclic) bond motifs is 2. The molecule has 3 aromatic carbocycles. The van der Waals surface area contributed by atoms with E-state index in [1.165, 1.54) is 16.7 Å². The van der Waals surface area contributed by atoms with Crippen molar-refractivity contribution in [2.75, 3.05) is 16.8 Å². The van der Waals surface area contributed by atoms with Crippen molar-refractivity contribution in [1.29, 1.82) is 0 Å². The highest BCUT2D eigenvalue weighted by molar-refractivity contribution is 9.10. The molecular weight excluding hydrogens is 614 g/mol. The molecule has 2 N–H and O–H groups in total. The zero-order chi connectivity index (χ0) is 28.0. The number of ether oxygens (including phenoxy) is 1. The van der Waals surface area contributed by atoms with Crippen LogP contribution in [-0.4, -0.2) is 34.6 Å². The molecule has 3 heterocycles. The quantitative estimate of drug-likeness (QED) is 0.278. The summed E-state index contributed by atoms with van der Waals surface area (Å²) in [5.41, 5.74) is 2.88. The number of H-pyrrole nitrogens is 1. The summed E-state index contributed by atoms with van der Waals surface area (Å²) in [5.74, 6) is -1.73. The maximum Gasteiger partial charge on any atom is 0.305 e. The average molecular weight is 637 g/mol. The van der Waals surface area contributed by atoms with Crippen LogP contribution in [0.15, 0.2) is 87.1 Å². The summed E-state index contributed by atoms with van der Waals surface area (Å²) in [4.78, 5) is 56.9. The molecule has 1 saturated heterocycles. The van der Waals surface area contributed by atoms with Crippen LogP contribution in [0.1, 0.15) is 21.9 Å². The van der Waals surface area contributed by atoms with Gasteiger partial charge in [0.1, 0.15) is 11.0 Å². The van der Waals surface area contributed by atoms with Crippen LogP contribution < -0.4 is 19.8 Å². The molecule has 0 unspecified atom stereocenters. The molecule has 0 aliphatic carbocycles. The molecule has 202 valence electrons. The predicted octanol–water partition coefficient (Wildman–Crippen LogP) is 5.32. The number of aromatic amines is 1. The summed E-state index contributed by atoms with van der Waals surface area (Å²) in [7, 11) is 0. The molecule has 11 heteroatoms. The number of anilines is 2. The van der Waals surface area contributed by atoms with Crippen LogP contribution >= 0.6 is 39.0 Å². The van der Waals surface area contributed by atoms with Gasteiger partial charge in [-0.3, -0.25) is 19.2 Å². The van der Waals surface area contributed by atoms with E-state index >= 15 is 0 Å². The maximum absolute atomic E-state index is 13.8. The second kappa shape index (κ2) is 10.7. The number of para-hydroxylation sites is 1. The highest BCUT2D eigenvalue weighted by atomic mass is 79.9. The minimum Gasteiger partial charge on any atom is -0.484 e. The summed E-state index contributed by atoms with van der Waals surface area (Å²) in [6, 6.07) is 21.6. The van der Waals surface area contributed by atoms with Gasteiger partial charge in [0.05, 0.1) is 16.6 Å². The lowest BCUT2D eigenvalue weighted by atomic mass is 9.83. The first-order valence-electron chi connectivity index (χ1n) is 12.4. The third kappa shape index (κ3) is 4.89. The number of nitrogens with zero attached hydrogens (tertiary/aromatic N) is 1. The van der Waals surface area contributed by atoms with Crippen molar-refractivity contribution in [3.63, 3.8) is 0 Å². The summed E-state index contributed by atoms with van der Waals surface area (Å²) in [6.07, 6.45) is 0. The van der Waals surface area contributed by atoms with Crippen LogP contribution in [-0.2, 0) is 14.4 Å². The van der Waals surface area contributed by atoms with E-state index in [1.807, 2.05) is 37.3 Å². The van der Waals surface area contributed by atoms with Crippen molar-refractivity contribution < 1.29 is 19.1 Å². The number of thioether (sulfide) groups is 1. The molecule has 6 rings (SSSR count). The number of carbonyl (C=O) groups is 3. The lowest BCUT2D eigenvalue weighted by Crippen LogP contribution is -2.32. The molecule has 0 radical (unpaired) electrons. The van der Waals surface area contributed by atoms with Crippen molar-refractivity contribution in [3.8, 4) is 5.75 Å². The zero-order valence-corrected chi connectivity index (χ0v) is 24.3. The van der Waals surface area contributed by atoms with Crippen LogP contribution in [0.2, 0.25) is 0 Å². The molecule has 3 amide bonds. The summed E-state index contributed by atoms with van der Waals surface area (Å²) >= 11 is 5.67. The third-order valence-electron chi connectivity index (χ3n) is 6.92. The van der Waals surface area contributed by atoms with Crippen molar-refractivity contribution in [3.05, 3.63) is 103 Å². The Morgan fingerprint density at radius 3 is 2.58 bits per heavy atom. The number of hydrogen-bond donors (Lipinski definition) is 2. The highest BCUT2D eigenvalue weighted by Gasteiger charge is 2.56. The van der Waals surface area contributed by atoms with E-state index in [-0.39, 0.29) is 29.2 Å². The maximum atomic E-state index is 13.8. The molecular formula is C29H22BrN3O5S2. The topological polar surface area (TPSA) is 109 Å². The molecule has 2 aliphatic heterocycles. The second-order valence-electron chi connectivity index (χ2n) is 9.46. The van der Waals surface area contributed by atoms with Crippen molar-refractivity contribution in [2.45, 2.75) is 23.1 Å². The van der Waals surface area contributed by atoms with Crippen molar-refractivity contribution in [1.82, 2.24) is 4.98 Å². The molecule has 0 saturated carbocycles. The Kier molecular flexibility index (Phi) is 7.11. The lowest BCUT2D eigenvalue weighted by Gasteiger charge is -2.30. The van der Waals surface area contributed by atoms with Gasteiger partial charge in [-0.25, -0.2) is 4.90 Å². The number of benzene rings is 3. The Morgan fingerprint density at radius 2 is 1.80 bits per heavy atom. The number of halogens is 1. The Balaban J connectivity index is 1.29. The zero-order valence-electron chi connectivity index (χ0n) is 21.1. The van der Waals surface area contributed by atoms with Gasteiger partial charge in [-0.1, -0.05) is 69.4 Å².